The quantitative estimate of drug-likeness (QED) is 0.728. The van der Waals surface area contributed by atoms with E-state index in [1.807, 2.05) is 11.8 Å². The van der Waals surface area contributed by atoms with E-state index in [2.05, 4.69) is 10.5 Å². The van der Waals surface area contributed by atoms with Crippen LogP contribution in [-0.2, 0) is 0 Å². The molecule has 1 aromatic heterocycles. The molecule has 0 radical (unpaired) electrons. The maximum absolute atomic E-state index is 12.0. The van der Waals surface area contributed by atoms with Gasteiger partial charge in [0, 0.05) is 31.7 Å². The number of nitrogens with one attached hydrogen (secondary N) is 1. The molecule has 0 saturated carbocycles. The molecule has 82 valence electrons. The van der Waals surface area contributed by atoms with E-state index >= 15 is 0 Å². The van der Waals surface area contributed by atoms with Crippen LogP contribution in [0.4, 0.5) is 0 Å². The van der Waals surface area contributed by atoms with E-state index < -0.39 is 0 Å². The van der Waals surface area contributed by atoms with Gasteiger partial charge in [-0.1, -0.05) is 5.16 Å². The SMILES string of the molecule is Cc1cc(C(=O)N2CCNC[C@@H]2C)no1. The predicted molar refractivity (Wildman–Crippen MR) is 54.6 cm³/mol. The van der Waals surface area contributed by atoms with E-state index in [1.54, 1.807) is 13.0 Å². The molecule has 1 fully saturated rings. The lowest BCUT2D eigenvalue weighted by Crippen LogP contribution is -2.52. The van der Waals surface area contributed by atoms with E-state index in [1.165, 1.54) is 0 Å². The summed E-state index contributed by atoms with van der Waals surface area (Å²) in [4.78, 5) is 13.8. The summed E-state index contributed by atoms with van der Waals surface area (Å²) in [5.41, 5.74) is 0.404. The Morgan fingerprint density at radius 1 is 1.73 bits per heavy atom. The van der Waals surface area contributed by atoms with Gasteiger partial charge in [0.15, 0.2) is 5.69 Å². The Balaban J connectivity index is 2.13. The van der Waals surface area contributed by atoms with Crippen molar-refractivity contribution in [3.05, 3.63) is 17.5 Å². The number of nitrogens with zero attached hydrogens (tertiary/aromatic N) is 2. The molecule has 0 bridgehead atoms. The van der Waals surface area contributed by atoms with Crippen molar-refractivity contribution in [1.82, 2.24) is 15.4 Å². The average Bonchev–Trinajstić information content (AvgIpc) is 2.65. The molecule has 15 heavy (non-hydrogen) atoms. The van der Waals surface area contributed by atoms with Crippen molar-refractivity contribution >= 4 is 5.91 Å². The van der Waals surface area contributed by atoms with Crippen molar-refractivity contribution in [3.63, 3.8) is 0 Å². The Bertz CT molecular complexity index is 361. The van der Waals surface area contributed by atoms with E-state index in [4.69, 9.17) is 4.52 Å². The third kappa shape index (κ3) is 2.02. The van der Waals surface area contributed by atoms with Crippen LogP contribution in [0.15, 0.2) is 10.6 Å². The molecule has 2 rings (SSSR count). The van der Waals surface area contributed by atoms with Crippen LogP contribution >= 0.6 is 0 Å². The molecule has 0 spiro atoms. The minimum atomic E-state index is -0.0409. The molecule has 5 heteroatoms. The van der Waals surface area contributed by atoms with Crippen molar-refractivity contribution in [1.29, 1.82) is 0 Å². The largest absolute Gasteiger partial charge is 0.361 e. The van der Waals surface area contributed by atoms with Gasteiger partial charge in [0.05, 0.1) is 0 Å². The number of piperazine rings is 1. The summed E-state index contributed by atoms with van der Waals surface area (Å²) < 4.78 is 4.90. The first-order valence-corrected chi connectivity index (χ1v) is 5.13. The molecule has 1 amide bonds. The smallest absolute Gasteiger partial charge is 0.276 e. The topological polar surface area (TPSA) is 58.4 Å². The van der Waals surface area contributed by atoms with Gasteiger partial charge in [-0.3, -0.25) is 4.79 Å². The van der Waals surface area contributed by atoms with Crippen molar-refractivity contribution in [3.8, 4) is 0 Å². The summed E-state index contributed by atoms with van der Waals surface area (Å²) in [6.45, 7) is 6.21. The molecular weight excluding hydrogens is 194 g/mol. The Morgan fingerprint density at radius 2 is 2.53 bits per heavy atom. The van der Waals surface area contributed by atoms with Crippen LogP contribution in [0.2, 0.25) is 0 Å². The van der Waals surface area contributed by atoms with Gasteiger partial charge in [-0.25, -0.2) is 0 Å². The number of carbonyl (C=O) groups is 1. The lowest BCUT2D eigenvalue weighted by molar-refractivity contribution is 0.0645. The summed E-state index contributed by atoms with van der Waals surface area (Å²) in [6.07, 6.45) is 0. The van der Waals surface area contributed by atoms with Crippen LogP contribution in [0.3, 0.4) is 0 Å². The van der Waals surface area contributed by atoms with Crippen LogP contribution in [0, 0.1) is 6.92 Å². The summed E-state index contributed by atoms with van der Waals surface area (Å²) in [7, 11) is 0. The standard InChI is InChI=1S/C10H15N3O2/c1-7-6-11-3-4-13(7)10(14)9-5-8(2)15-12-9/h5,7,11H,3-4,6H2,1-2H3/t7-/m0/s1. The third-order valence-corrected chi connectivity index (χ3v) is 2.61. The van der Waals surface area contributed by atoms with Crippen LogP contribution in [-0.4, -0.2) is 41.6 Å². The average molecular weight is 209 g/mol. The highest BCUT2D eigenvalue weighted by Crippen LogP contribution is 2.10. The molecule has 1 aliphatic heterocycles. The van der Waals surface area contributed by atoms with E-state index in [0.29, 0.717) is 11.5 Å². The highest BCUT2D eigenvalue weighted by molar-refractivity contribution is 5.92. The minimum absolute atomic E-state index is 0.0409. The van der Waals surface area contributed by atoms with Gasteiger partial charge in [-0.2, -0.15) is 0 Å². The number of aromatic nitrogens is 1. The minimum Gasteiger partial charge on any atom is -0.361 e. The lowest BCUT2D eigenvalue weighted by atomic mass is 10.2. The van der Waals surface area contributed by atoms with Crippen molar-refractivity contribution in [2.45, 2.75) is 19.9 Å². The second-order valence-corrected chi connectivity index (χ2v) is 3.87. The summed E-state index contributed by atoms with van der Waals surface area (Å²) >= 11 is 0. The van der Waals surface area contributed by atoms with Crippen LogP contribution in [0.25, 0.3) is 0 Å². The Morgan fingerprint density at radius 3 is 3.13 bits per heavy atom. The molecular formula is C10H15N3O2. The maximum Gasteiger partial charge on any atom is 0.276 e. The fraction of sp³-hybridized carbons (Fsp3) is 0.600. The maximum atomic E-state index is 12.0. The molecule has 1 saturated heterocycles. The molecule has 1 aliphatic rings. The van der Waals surface area contributed by atoms with E-state index in [-0.39, 0.29) is 11.9 Å². The van der Waals surface area contributed by atoms with Crippen molar-refractivity contribution < 1.29 is 9.32 Å². The second-order valence-electron chi connectivity index (χ2n) is 3.87. The molecule has 0 aliphatic carbocycles. The monoisotopic (exact) mass is 209 g/mol. The fourth-order valence-corrected chi connectivity index (χ4v) is 1.76. The van der Waals surface area contributed by atoms with Gasteiger partial charge in [-0.05, 0) is 13.8 Å². The summed E-state index contributed by atoms with van der Waals surface area (Å²) in [6, 6.07) is 1.89. The Labute approximate surface area is 88.4 Å². The zero-order valence-electron chi connectivity index (χ0n) is 8.99. The third-order valence-electron chi connectivity index (χ3n) is 2.61. The molecule has 1 N–H and O–H groups in total. The van der Waals surface area contributed by atoms with E-state index in [9.17, 15) is 4.79 Å². The predicted octanol–water partition coefficient (Wildman–Crippen LogP) is 0.417. The van der Waals surface area contributed by atoms with Crippen LogP contribution < -0.4 is 5.32 Å². The van der Waals surface area contributed by atoms with E-state index in [0.717, 1.165) is 19.6 Å². The van der Waals surface area contributed by atoms with Gasteiger partial charge in [-0.15, -0.1) is 0 Å². The number of carbonyl (C=O) groups excluding carboxylic acids is 1. The zero-order chi connectivity index (χ0) is 10.8. The lowest BCUT2D eigenvalue weighted by Gasteiger charge is -2.33. The second kappa shape index (κ2) is 4.02. The first-order valence-electron chi connectivity index (χ1n) is 5.13. The van der Waals surface area contributed by atoms with Crippen LogP contribution in [0.1, 0.15) is 23.2 Å². The highest BCUT2D eigenvalue weighted by atomic mass is 16.5. The van der Waals surface area contributed by atoms with Crippen molar-refractivity contribution in [2.24, 2.45) is 0 Å². The summed E-state index contributed by atoms with van der Waals surface area (Å²) in [5, 5.41) is 6.98. The van der Waals surface area contributed by atoms with Gasteiger partial charge in [0.25, 0.3) is 5.91 Å². The molecule has 1 aromatic rings. The molecule has 5 nitrogen and oxygen atoms in total. The first-order chi connectivity index (χ1) is 7.18. The highest BCUT2D eigenvalue weighted by Gasteiger charge is 2.25. The molecule has 0 aromatic carbocycles. The molecule has 2 heterocycles. The van der Waals surface area contributed by atoms with Crippen LogP contribution in [0.5, 0.6) is 0 Å². The number of hydrogen-bond donors (Lipinski definition) is 1. The number of hydrogen-bond acceptors (Lipinski definition) is 4. The fourth-order valence-electron chi connectivity index (χ4n) is 1.76. The number of rotatable bonds is 1. The molecule has 0 unspecified atom stereocenters. The zero-order valence-corrected chi connectivity index (χ0v) is 8.99. The number of aryl methyl sites for hydroxylation is 1. The van der Waals surface area contributed by atoms with Gasteiger partial charge < -0.3 is 14.7 Å². The normalized spacial score (nSPS) is 21.7. The van der Waals surface area contributed by atoms with Gasteiger partial charge in [0.2, 0.25) is 0 Å². The first kappa shape index (κ1) is 10.2. The molecule has 1 atom stereocenters. The Hall–Kier alpha value is -1.36. The van der Waals surface area contributed by atoms with Gasteiger partial charge >= 0.3 is 0 Å². The Kier molecular flexibility index (Phi) is 2.73. The summed E-state index contributed by atoms with van der Waals surface area (Å²) in [5.74, 6) is 0.627. The number of amides is 1. The van der Waals surface area contributed by atoms with Gasteiger partial charge in [0.1, 0.15) is 5.76 Å². The van der Waals surface area contributed by atoms with Crippen molar-refractivity contribution in [2.75, 3.05) is 19.6 Å².